The Labute approximate surface area is 204 Å². The molecule has 1 spiro atoms. The second-order valence-electron chi connectivity index (χ2n) is 8.90. The van der Waals surface area contributed by atoms with E-state index in [0.29, 0.717) is 41.2 Å². The lowest BCUT2D eigenvalue weighted by molar-refractivity contribution is 0.0951. The Morgan fingerprint density at radius 3 is 2.68 bits per heavy atom. The predicted molar refractivity (Wildman–Crippen MR) is 134 cm³/mol. The van der Waals surface area contributed by atoms with Crippen LogP contribution >= 0.6 is 11.6 Å². The van der Waals surface area contributed by atoms with E-state index in [-0.39, 0.29) is 11.4 Å². The zero-order chi connectivity index (χ0) is 23.5. The fourth-order valence-electron chi connectivity index (χ4n) is 4.60. The van der Waals surface area contributed by atoms with E-state index in [1.807, 2.05) is 48.5 Å². The largest absolute Gasteiger partial charge is 0.495 e. The molecule has 0 unspecified atom stereocenters. The summed E-state index contributed by atoms with van der Waals surface area (Å²) in [4.78, 5) is 24.8. The highest BCUT2D eigenvalue weighted by Gasteiger charge is 2.51. The molecule has 5 rings (SSSR count). The van der Waals surface area contributed by atoms with Crippen molar-refractivity contribution < 1.29 is 9.53 Å². The van der Waals surface area contributed by atoms with Crippen molar-refractivity contribution in [3.8, 4) is 5.75 Å². The average molecular weight is 478 g/mol. The molecule has 2 fully saturated rings. The third-order valence-electron chi connectivity index (χ3n) is 6.66. The molecule has 1 aliphatic carbocycles. The summed E-state index contributed by atoms with van der Waals surface area (Å²) < 4.78 is 5.24. The van der Waals surface area contributed by atoms with E-state index < -0.39 is 0 Å². The first-order chi connectivity index (χ1) is 16.6. The number of carbonyl (C=O) groups excluding carboxylic acids is 1. The standard InChI is InChI=1S/C26H28ClN5O2/c1-34-22-9-8-19(14-21(22)27)16-28-23-20(24(33)29-15-18-6-3-2-4-7-18)17-30-25(31-23)32-13-5-10-26(32)11-12-26/h2-4,6-9,14,17H,5,10-13,15-16H2,1H3,(H,29,33)(H,28,30,31). The van der Waals surface area contributed by atoms with Crippen LogP contribution in [-0.2, 0) is 13.1 Å². The van der Waals surface area contributed by atoms with Crippen LogP contribution < -0.4 is 20.3 Å². The van der Waals surface area contributed by atoms with Gasteiger partial charge in [-0.05, 0) is 48.9 Å². The number of nitrogens with zero attached hydrogens (tertiary/aromatic N) is 3. The van der Waals surface area contributed by atoms with E-state index in [1.54, 1.807) is 13.3 Å². The van der Waals surface area contributed by atoms with E-state index in [2.05, 4.69) is 20.5 Å². The van der Waals surface area contributed by atoms with E-state index in [1.165, 1.54) is 19.3 Å². The normalized spacial score (nSPS) is 15.9. The molecule has 0 atom stereocenters. The Balaban J connectivity index is 1.38. The fraction of sp³-hybridized carbons (Fsp3) is 0.346. The van der Waals surface area contributed by atoms with Gasteiger partial charge in [0, 0.05) is 31.4 Å². The molecule has 1 amide bonds. The minimum atomic E-state index is -0.215. The summed E-state index contributed by atoms with van der Waals surface area (Å²) in [5, 5.41) is 6.87. The number of hydrogen-bond acceptors (Lipinski definition) is 6. The highest BCUT2D eigenvalue weighted by molar-refractivity contribution is 6.32. The van der Waals surface area contributed by atoms with Gasteiger partial charge in [-0.2, -0.15) is 4.98 Å². The van der Waals surface area contributed by atoms with Crippen LogP contribution in [0.15, 0.2) is 54.7 Å². The van der Waals surface area contributed by atoms with Gasteiger partial charge < -0.3 is 20.3 Å². The maximum absolute atomic E-state index is 13.1. The minimum absolute atomic E-state index is 0.215. The summed E-state index contributed by atoms with van der Waals surface area (Å²) in [6.45, 7) is 1.85. The number of methoxy groups -OCH3 is 1. The second kappa shape index (κ2) is 9.50. The molecular formula is C26H28ClN5O2. The summed E-state index contributed by atoms with van der Waals surface area (Å²) >= 11 is 6.29. The molecule has 2 aromatic carbocycles. The fourth-order valence-corrected chi connectivity index (χ4v) is 4.88. The van der Waals surface area contributed by atoms with Crippen LogP contribution in [-0.4, -0.2) is 35.1 Å². The highest BCUT2D eigenvalue weighted by atomic mass is 35.5. The lowest BCUT2D eigenvalue weighted by atomic mass is 10.2. The number of amides is 1. The lowest BCUT2D eigenvalue weighted by Gasteiger charge is -2.25. The summed E-state index contributed by atoms with van der Waals surface area (Å²) in [5.74, 6) is 1.61. The Morgan fingerprint density at radius 1 is 1.12 bits per heavy atom. The van der Waals surface area contributed by atoms with E-state index in [0.717, 1.165) is 24.1 Å². The van der Waals surface area contributed by atoms with Crippen LogP contribution in [0.25, 0.3) is 0 Å². The molecule has 1 aliphatic heterocycles. The van der Waals surface area contributed by atoms with Crippen molar-refractivity contribution in [1.29, 1.82) is 0 Å². The Kier molecular flexibility index (Phi) is 6.28. The number of nitrogens with one attached hydrogen (secondary N) is 2. The smallest absolute Gasteiger partial charge is 0.256 e. The quantitative estimate of drug-likeness (QED) is 0.484. The molecule has 0 radical (unpaired) electrons. The van der Waals surface area contributed by atoms with Crippen LogP contribution in [0.2, 0.25) is 5.02 Å². The van der Waals surface area contributed by atoms with E-state index in [4.69, 9.17) is 21.3 Å². The van der Waals surface area contributed by atoms with Crippen molar-refractivity contribution in [2.24, 2.45) is 0 Å². The summed E-state index contributed by atoms with van der Waals surface area (Å²) in [6.07, 6.45) is 6.34. The zero-order valence-corrected chi connectivity index (χ0v) is 19.9. The van der Waals surface area contributed by atoms with Crippen molar-refractivity contribution >= 4 is 29.3 Å². The summed E-state index contributed by atoms with van der Waals surface area (Å²) in [7, 11) is 1.59. The van der Waals surface area contributed by atoms with Gasteiger partial charge in [-0.1, -0.05) is 48.0 Å². The number of aromatic nitrogens is 2. The highest BCUT2D eigenvalue weighted by Crippen LogP contribution is 2.50. The van der Waals surface area contributed by atoms with Gasteiger partial charge >= 0.3 is 0 Å². The van der Waals surface area contributed by atoms with E-state index in [9.17, 15) is 4.79 Å². The lowest BCUT2D eigenvalue weighted by Crippen LogP contribution is -2.33. The van der Waals surface area contributed by atoms with Gasteiger partial charge in [-0.25, -0.2) is 4.98 Å². The first-order valence-corrected chi connectivity index (χ1v) is 12.0. The van der Waals surface area contributed by atoms with Crippen LogP contribution in [0.5, 0.6) is 5.75 Å². The molecule has 176 valence electrons. The van der Waals surface area contributed by atoms with Crippen LogP contribution in [0.3, 0.4) is 0 Å². The Bertz CT molecular complexity index is 1180. The first-order valence-electron chi connectivity index (χ1n) is 11.6. The molecule has 8 heteroatoms. The number of hydrogen-bond donors (Lipinski definition) is 2. The molecule has 1 saturated carbocycles. The summed E-state index contributed by atoms with van der Waals surface area (Å²) in [6, 6.07) is 15.4. The van der Waals surface area contributed by atoms with Crippen molar-refractivity contribution in [2.75, 3.05) is 23.9 Å². The van der Waals surface area contributed by atoms with Gasteiger partial charge in [-0.3, -0.25) is 4.79 Å². The SMILES string of the molecule is COc1ccc(CNc2nc(N3CCCC34CC4)ncc2C(=O)NCc2ccccc2)cc1Cl. The third-order valence-corrected chi connectivity index (χ3v) is 6.95. The number of carbonyl (C=O) groups is 1. The zero-order valence-electron chi connectivity index (χ0n) is 19.2. The van der Waals surface area contributed by atoms with Gasteiger partial charge in [0.25, 0.3) is 5.91 Å². The van der Waals surface area contributed by atoms with Crippen LogP contribution in [0, 0.1) is 0 Å². The minimum Gasteiger partial charge on any atom is -0.495 e. The molecule has 3 aromatic rings. The number of halogens is 1. The topological polar surface area (TPSA) is 79.4 Å². The Morgan fingerprint density at radius 2 is 1.94 bits per heavy atom. The third kappa shape index (κ3) is 4.66. The maximum atomic E-state index is 13.1. The van der Waals surface area contributed by atoms with E-state index >= 15 is 0 Å². The van der Waals surface area contributed by atoms with Gasteiger partial charge in [0.2, 0.25) is 5.95 Å². The summed E-state index contributed by atoms with van der Waals surface area (Å²) in [5.41, 5.74) is 2.63. The van der Waals surface area contributed by atoms with Crippen LogP contribution in [0.1, 0.15) is 47.2 Å². The molecule has 7 nitrogen and oxygen atoms in total. The van der Waals surface area contributed by atoms with Gasteiger partial charge in [0.15, 0.2) is 0 Å². The van der Waals surface area contributed by atoms with Gasteiger partial charge in [-0.15, -0.1) is 0 Å². The average Bonchev–Trinajstić information content (AvgIpc) is 3.52. The van der Waals surface area contributed by atoms with Gasteiger partial charge in [0.05, 0.1) is 12.1 Å². The molecule has 1 saturated heterocycles. The van der Waals surface area contributed by atoms with Crippen molar-refractivity contribution in [3.63, 3.8) is 0 Å². The molecule has 34 heavy (non-hydrogen) atoms. The maximum Gasteiger partial charge on any atom is 0.256 e. The van der Waals surface area contributed by atoms with Crippen LogP contribution in [0.4, 0.5) is 11.8 Å². The number of ether oxygens (including phenoxy) is 1. The first kappa shape index (κ1) is 22.5. The monoisotopic (exact) mass is 477 g/mol. The number of anilines is 2. The van der Waals surface area contributed by atoms with Crippen molar-refractivity contribution in [2.45, 2.75) is 44.3 Å². The predicted octanol–water partition coefficient (Wildman–Crippen LogP) is 4.81. The molecule has 1 aromatic heterocycles. The molecule has 2 heterocycles. The van der Waals surface area contributed by atoms with Crippen molar-refractivity contribution in [1.82, 2.24) is 15.3 Å². The number of rotatable bonds is 8. The second-order valence-corrected chi connectivity index (χ2v) is 9.31. The Hall–Kier alpha value is -3.32. The molecule has 2 aliphatic rings. The molecular weight excluding hydrogens is 450 g/mol. The molecule has 2 N–H and O–H groups in total. The molecule has 0 bridgehead atoms. The van der Waals surface area contributed by atoms with Crippen molar-refractivity contribution in [3.05, 3.63) is 76.4 Å². The number of benzene rings is 2. The van der Waals surface area contributed by atoms with Gasteiger partial charge in [0.1, 0.15) is 17.1 Å².